The van der Waals surface area contributed by atoms with Crippen molar-refractivity contribution < 1.29 is 32.4 Å². The lowest BCUT2D eigenvalue weighted by Gasteiger charge is -2.22. The number of ketones is 1. The lowest BCUT2D eigenvalue weighted by molar-refractivity contribution is 0.0777. The molecular formula is C21H19F2N3O5. The largest absolute Gasteiger partial charge is 0.414 e. The highest BCUT2D eigenvalue weighted by atomic mass is 19.2. The van der Waals surface area contributed by atoms with Gasteiger partial charge >= 0.3 is 6.09 Å². The number of hydrogen-bond acceptors (Lipinski definition) is 6. The lowest BCUT2D eigenvalue weighted by Crippen LogP contribution is -2.40. The minimum Gasteiger partial charge on any atom is -0.393 e. The molecule has 1 amide bonds. The fourth-order valence-electron chi connectivity index (χ4n) is 3.33. The average Bonchev–Trinajstić information content (AvgIpc) is 3.37. The first-order valence-electron chi connectivity index (χ1n) is 9.63. The Hall–Kier alpha value is -3.53. The number of halogens is 2. The van der Waals surface area contributed by atoms with Crippen LogP contribution in [0.3, 0.4) is 0 Å². The van der Waals surface area contributed by atoms with E-state index in [1.807, 2.05) is 0 Å². The second kappa shape index (κ2) is 8.68. The fraction of sp³-hybridized carbons (Fsp3) is 0.286. The summed E-state index contributed by atoms with van der Waals surface area (Å²) >= 11 is 0. The van der Waals surface area contributed by atoms with Crippen molar-refractivity contribution in [1.29, 1.82) is 0 Å². The highest BCUT2D eigenvalue weighted by Gasteiger charge is 2.25. The molecule has 1 aliphatic heterocycles. The predicted octanol–water partition coefficient (Wildman–Crippen LogP) is 3.75. The highest BCUT2D eigenvalue weighted by Crippen LogP contribution is 2.29. The summed E-state index contributed by atoms with van der Waals surface area (Å²) in [7, 11) is 0. The van der Waals surface area contributed by atoms with Gasteiger partial charge < -0.3 is 24.3 Å². The van der Waals surface area contributed by atoms with Crippen LogP contribution in [0.15, 0.2) is 35.0 Å². The summed E-state index contributed by atoms with van der Waals surface area (Å²) in [6.07, 6.45) is 2.13. The van der Waals surface area contributed by atoms with Crippen LogP contribution in [0.5, 0.6) is 5.88 Å². The molecule has 3 aromatic rings. The van der Waals surface area contributed by atoms with E-state index in [1.165, 1.54) is 25.3 Å². The van der Waals surface area contributed by atoms with Gasteiger partial charge in [0.15, 0.2) is 11.6 Å². The zero-order chi connectivity index (χ0) is 22.0. The van der Waals surface area contributed by atoms with Crippen molar-refractivity contribution in [1.82, 2.24) is 15.5 Å². The molecule has 0 aliphatic carbocycles. The van der Waals surface area contributed by atoms with Crippen molar-refractivity contribution in [3.05, 3.63) is 59.0 Å². The molecule has 2 N–H and O–H groups in total. The van der Waals surface area contributed by atoms with Crippen LogP contribution < -0.4 is 10.1 Å². The Morgan fingerprint density at radius 1 is 1.19 bits per heavy atom. The molecule has 0 unspecified atom stereocenters. The van der Waals surface area contributed by atoms with Crippen molar-refractivity contribution in [2.24, 2.45) is 0 Å². The summed E-state index contributed by atoms with van der Waals surface area (Å²) in [5, 5.41) is 6.57. The first-order valence-corrected chi connectivity index (χ1v) is 9.63. The van der Waals surface area contributed by atoms with Gasteiger partial charge in [-0.3, -0.25) is 4.79 Å². The molecule has 1 saturated heterocycles. The van der Waals surface area contributed by atoms with Crippen LogP contribution in [0.25, 0.3) is 11.3 Å². The molecule has 2 aromatic heterocycles. The monoisotopic (exact) mass is 431 g/mol. The van der Waals surface area contributed by atoms with Gasteiger partial charge in [0.2, 0.25) is 11.7 Å². The van der Waals surface area contributed by atoms with E-state index in [0.717, 1.165) is 12.1 Å². The first-order chi connectivity index (χ1) is 14.9. The van der Waals surface area contributed by atoms with Gasteiger partial charge in [0.05, 0.1) is 5.56 Å². The number of carbonyl (C=O) groups excluding carboxylic acids is 2. The summed E-state index contributed by atoms with van der Waals surface area (Å²) in [5.74, 6) is -2.26. The molecule has 0 saturated carbocycles. The Labute approximate surface area is 175 Å². The normalized spacial score (nSPS) is 14.4. The second-order valence-electron chi connectivity index (χ2n) is 7.09. The molecule has 8 nitrogen and oxygen atoms in total. The number of H-pyrrole nitrogens is 1. The Morgan fingerprint density at radius 2 is 1.97 bits per heavy atom. The molecule has 4 rings (SSSR count). The van der Waals surface area contributed by atoms with Gasteiger partial charge in [0, 0.05) is 42.6 Å². The number of carbonyl (C=O) groups is 2. The maximum absolute atomic E-state index is 13.6. The number of amides is 1. The summed E-state index contributed by atoms with van der Waals surface area (Å²) < 4.78 is 42.5. The third-order valence-corrected chi connectivity index (χ3v) is 4.95. The van der Waals surface area contributed by atoms with E-state index in [-0.39, 0.29) is 40.1 Å². The number of ether oxygens (including phenoxy) is 2. The van der Waals surface area contributed by atoms with Gasteiger partial charge in [-0.25, -0.2) is 13.6 Å². The average molecular weight is 431 g/mol. The van der Waals surface area contributed by atoms with Crippen molar-refractivity contribution in [2.45, 2.75) is 25.8 Å². The minimum absolute atomic E-state index is 0.0318. The van der Waals surface area contributed by atoms with E-state index in [4.69, 9.17) is 14.0 Å². The number of hydrogen-bond donors (Lipinski definition) is 2. The third-order valence-electron chi connectivity index (χ3n) is 4.95. The predicted molar refractivity (Wildman–Crippen MR) is 104 cm³/mol. The Bertz CT molecular complexity index is 1120. The Balaban J connectivity index is 1.50. The van der Waals surface area contributed by atoms with Crippen molar-refractivity contribution in [3.8, 4) is 17.1 Å². The number of aromatic amines is 1. The first kappa shape index (κ1) is 20.7. The van der Waals surface area contributed by atoms with Crippen molar-refractivity contribution in [2.75, 3.05) is 13.2 Å². The minimum atomic E-state index is -1.07. The van der Waals surface area contributed by atoms with Crippen molar-refractivity contribution >= 4 is 11.9 Å². The van der Waals surface area contributed by atoms with Gasteiger partial charge in [0.25, 0.3) is 0 Å². The van der Waals surface area contributed by atoms with E-state index >= 15 is 0 Å². The number of nitrogens with one attached hydrogen (secondary N) is 2. The molecule has 162 valence electrons. The Kier molecular flexibility index (Phi) is 5.81. The van der Waals surface area contributed by atoms with E-state index in [0.29, 0.717) is 26.1 Å². The van der Waals surface area contributed by atoms with Crippen molar-refractivity contribution in [3.63, 3.8) is 0 Å². The van der Waals surface area contributed by atoms with Crippen LogP contribution in [-0.2, 0) is 4.74 Å². The highest BCUT2D eigenvalue weighted by molar-refractivity contribution is 6.13. The second-order valence-corrected chi connectivity index (χ2v) is 7.09. The van der Waals surface area contributed by atoms with Gasteiger partial charge in [-0.1, -0.05) is 5.16 Å². The maximum Gasteiger partial charge on any atom is 0.414 e. The smallest absolute Gasteiger partial charge is 0.393 e. The zero-order valence-electron chi connectivity index (χ0n) is 16.5. The molecule has 0 bridgehead atoms. The van der Waals surface area contributed by atoms with Gasteiger partial charge in [-0.05, 0) is 38.0 Å². The number of rotatable bonds is 5. The van der Waals surface area contributed by atoms with E-state index < -0.39 is 23.5 Å². The quantitative estimate of drug-likeness (QED) is 0.596. The van der Waals surface area contributed by atoms with Crippen LogP contribution >= 0.6 is 0 Å². The summed E-state index contributed by atoms with van der Waals surface area (Å²) in [4.78, 5) is 27.8. The Morgan fingerprint density at radius 3 is 2.71 bits per heavy atom. The molecule has 1 aliphatic rings. The van der Waals surface area contributed by atoms with E-state index in [2.05, 4.69) is 15.5 Å². The van der Waals surface area contributed by atoms with Crippen LogP contribution in [0.2, 0.25) is 0 Å². The molecule has 0 radical (unpaired) electrons. The van der Waals surface area contributed by atoms with Crippen LogP contribution in [0, 0.1) is 18.6 Å². The molecule has 0 spiro atoms. The van der Waals surface area contributed by atoms with Crippen LogP contribution in [-0.4, -0.2) is 41.3 Å². The number of nitrogens with zero attached hydrogens (tertiary/aromatic N) is 1. The summed E-state index contributed by atoms with van der Waals surface area (Å²) in [5.41, 5.74) is 0.566. The molecule has 3 heterocycles. The molecule has 31 heavy (non-hydrogen) atoms. The summed E-state index contributed by atoms with van der Waals surface area (Å²) in [6, 6.07) is 4.53. The van der Waals surface area contributed by atoms with Crippen LogP contribution in [0.4, 0.5) is 13.6 Å². The van der Waals surface area contributed by atoms with Gasteiger partial charge in [-0.15, -0.1) is 0 Å². The number of aromatic nitrogens is 2. The van der Waals surface area contributed by atoms with Crippen LogP contribution in [0.1, 0.15) is 34.5 Å². The fourth-order valence-corrected chi connectivity index (χ4v) is 3.33. The molecule has 10 heteroatoms. The SMILES string of the molecule is Cc1onc(-c2ccc(F)c(F)c2)c1C(=O)c1c[nH]c(OC(=O)NC2CCOCC2)c1. The van der Waals surface area contributed by atoms with Gasteiger partial charge in [0.1, 0.15) is 11.5 Å². The lowest BCUT2D eigenvalue weighted by atomic mass is 9.99. The topological polar surface area (TPSA) is 106 Å². The third kappa shape index (κ3) is 4.48. The van der Waals surface area contributed by atoms with E-state index in [9.17, 15) is 18.4 Å². The summed E-state index contributed by atoms with van der Waals surface area (Å²) in [6.45, 7) is 2.68. The van der Waals surface area contributed by atoms with E-state index in [1.54, 1.807) is 0 Å². The molecule has 1 aromatic carbocycles. The maximum atomic E-state index is 13.6. The molecule has 0 atom stereocenters. The molecule has 1 fully saturated rings. The molecular weight excluding hydrogens is 412 g/mol. The standard InChI is InChI=1S/C21H19F2N3O5/c1-11-18(19(26-31-11)12-2-3-15(22)16(23)8-12)20(27)13-9-17(24-10-13)30-21(28)25-14-4-6-29-7-5-14/h2-3,8-10,14,24H,4-7H2,1H3,(H,25,28). The van der Waals surface area contributed by atoms with Gasteiger partial charge in [-0.2, -0.15) is 0 Å². The zero-order valence-corrected chi connectivity index (χ0v) is 16.5. The number of benzene rings is 1. The number of aryl methyl sites for hydroxylation is 1.